The van der Waals surface area contributed by atoms with Crippen molar-refractivity contribution >= 4 is 5.96 Å². The molecule has 1 fully saturated rings. The molecule has 18 heavy (non-hydrogen) atoms. The van der Waals surface area contributed by atoms with Gasteiger partial charge in [-0.3, -0.25) is 9.89 Å². The van der Waals surface area contributed by atoms with Gasteiger partial charge in [-0.2, -0.15) is 0 Å². The van der Waals surface area contributed by atoms with Gasteiger partial charge in [-0.15, -0.1) is 0 Å². The molecule has 4 nitrogen and oxygen atoms in total. The first kappa shape index (κ1) is 12.9. The van der Waals surface area contributed by atoms with Gasteiger partial charge < -0.3 is 11.5 Å². The quantitative estimate of drug-likeness (QED) is 0.622. The van der Waals surface area contributed by atoms with E-state index in [1.54, 1.807) is 0 Å². The minimum Gasteiger partial charge on any atom is -0.370 e. The van der Waals surface area contributed by atoms with Crippen LogP contribution in [0.2, 0.25) is 0 Å². The molecule has 4 N–H and O–H groups in total. The normalized spacial score (nSPS) is 24.1. The number of likely N-dealkylation sites (tertiary alicyclic amines) is 1. The molecule has 0 amide bonds. The Bertz CT molecular complexity index is 411. The first-order valence-corrected chi connectivity index (χ1v) is 6.44. The number of nitrogens with two attached hydrogens (primary N) is 2. The minimum atomic E-state index is 0.0832. The first-order chi connectivity index (χ1) is 8.60. The highest BCUT2D eigenvalue weighted by atomic mass is 15.2. The molecule has 0 aromatic heterocycles. The first-order valence-electron chi connectivity index (χ1n) is 6.44. The van der Waals surface area contributed by atoms with Gasteiger partial charge in [-0.25, -0.2) is 0 Å². The van der Waals surface area contributed by atoms with Gasteiger partial charge in [0.2, 0.25) is 0 Å². The van der Waals surface area contributed by atoms with E-state index >= 15 is 0 Å². The highest BCUT2D eigenvalue weighted by molar-refractivity contribution is 5.75. The molecular weight excluding hydrogens is 224 g/mol. The van der Waals surface area contributed by atoms with Crippen molar-refractivity contribution in [3.8, 4) is 0 Å². The molecule has 4 heteroatoms. The largest absolute Gasteiger partial charge is 0.370 e. The van der Waals surface area contributed by atoms with Gasteiger partial charge in [0.1, 0.15) is 0 Å². The van der Waals surface area contributed by atoms with Crippen LogP contribution in [0.15, 0.2) is 35.3 Å². The van der Waals surface area contributed by atoms with Crippen molar-refractivity contribution in [2.45, 2.75) is 31.8 Å². The average molecular weight is 246 g/mol. The molecule has 2 rings (SSSR count). The van der Waals surface area contributed by atoms with Gasteiger partial charge in [0.15, 0.2) is 5.96 Å². The number of benzene rings is 1. The van der Waals surface area contributed by atoms with E-state index in [-0.39, 0.29) is 11.5 Å². The van der Waals surface area contributed by atoms with Crippen LogP contribution in [0.5, 0.6) is 0 Å². The Balaban J connectivity index is 2.05. The Labute approximate surface area is 109 Å². The van der Waals surface area contributed by atoms with E-state index < -0.39 is 0 Å². The lowest BCUT2D eigenvalue weighted by atomic mass is 9.98. The summed E-state index contributed by atoms with van der Waals surface area (Å²) in [5.74, 6) is 0.183. The summed E-state index contributed by atoms with van der Waals surface area (Å²) in [4.78, 5) is 6.68. The van der Waals surface area contributed by atoms with E-state index in [1.807, 2.05) is 6.07 Å². The van der Waals surface area contributed by atoms with Crippen LogP contribution in [-0.2, 0) is 6.54 Å². The lowest BCUT2D eigenvalue weighted by Gasteiger charge is -2.34. The zero-order chi connectivity index (χ0) is 13.0. The number of hydrogen-bond donors (Lipinski definition) is 2. The van der Waals surface area contributed by atoms with Crippen molar-refractivity contribution < 1.29 is 0 Å². The molecule has 0 bridgehead atoms. The predicted octanol–water partition coefficient (Wildman–Crippen LogP) is 1.31. The van der Waals surface area contributed by atoms with Gasteiger partial charge in [-0.05, 0) is 31.9 Å². The summed E-state index contributed by atoms with van der Waals surface area (Å²) in [7, 11) is 0. The topological polar surface area (TPSA) is 67.6 Å². The second kappa shape index (κ2) is 5.40. The number of nitrogens with zero attached hydrogens (tertiary/aromatic N) is 2. The van der Waals surface area contributed by atoms with Crippen LogP contribution >= 0.6 is 0 Å². The van der Waals surface area contributed by atoms with Crippen molar-refractivity contribution in [2.75, 3.05) is 13.1 Å². The lowest BCUT2D eigenvalue weighted by molar-refractivity contribution is 0.155. The van der Waals surface area contributed by atoms with E-state index in [0.29, 0.717) is 6.54 Å². The van der Waals surface area contributed by atoms with Gasteiger partial charge in [0.05, 0.1) is 6.54 Å². The molecule has 1 atom stereocenters. The van der Waals surface area contributed by atoms with E-state index in [2.05, 4.69) is 41.1 Å². The summed E-state index contributed by atoms with van der Waals surface area (Å²) in [5, 5.41) is 0. The Morgan fingerprint density at radius 3 is 2.72 bits per heavy atom. The van der Waals surface area contributed by atoms with E-state index in [0.717, 1.165) is 19.5 Å². The number of rotatable bonds is 4. The second-order valence-electron chi connectivity index (χ2n) is 5.25. The molecular formula is C14H22N4. The fourth-order valence-corrected chi connectivity index (χ4v) is 2.59. The number of aliphatic imine (C=N–C) groups is 1. The molecule has 0 saturated carbocycles. The fourth-order valence-electron chi connectivity index (χ4n) is 2.59. The van der Waals surface area contributed by atoms with Crippen molar-refractivity contribution in [3.05, 3.63) is 35.9 Å². The standard InChI is InChI=1S/C14H22N4/c1-14(11-17-13(15)16)8-5-9-18(14)10-12-6-3-2-4-7-12/h2-4,6-7H,5,8-11H2,1H3,(H4,15,16,17). The molecule has 0 aliphatic carbocycles. The Morgan fingerprint density at radius 1 is 1.33 bits per heavy atom. The third-order valence-corrected chi connectivity index (χ3v) is 3.73. The minimum absolute atomic E-state index is 0.0832. The van der Waals surface area contributed by atoms with Gasteiger partial charge in [-0.1, -0.05) is 30.3 Å². The molecule has 1 aromatic carbocycles. The summed E-state index contributed by atoms with van der Waals surface area (Å²) in [6, 6.07) is 10.5. The third kappa shape index (κ3) is 3.01. The zero-order valence-corrected chi connectivity index (χ0v) is 11.0. The van der Waals surface area contributed by atoms with Crippen molar-refractivity contribution in [2.24, 2.45) is 16.5 Å². The van der Waals surface area contributed by atoms with Crippen molar-refractivity contribution in [1.29, 1.82) is 0 Å². The van der Waals surface area contributed by atoms with Crippen LogP contribution in [0.25, 0.3) is 0 Å². The maximum absolute atomic E-state index is 5.44. The third-order valence-electron chi connectivity index (χ3n) is 3.73. The van der Waals surface area contributed by atoms with Crippen LogP contribution in [0.4, 0.5) is 0 Å². The molecule has 0 spiro atoms. The number of guanidine groups is 1. The Kier molecular flexibility index (Phi) is 3.87. The van der Waals surface area contributed by atoms with Gasteiger partial charge in [0, 0.05) is 12.1 Å². The summed E-state index contributed by atoms with van der Waals surface area (Å²) < 4.78 is 0. The molecule has 1 aliphatic heterocycles. The average Bonchev–Trinajstić information content (AvgIpc) is 2.71. The lowest BCUT2D eigenvalue weighted by Crippen LogP contribution is -2.44. The highest BCUT2D eigenvalue weighted by Crippen LogP contribution is 2.30. The monoisotopic (exact) mass is 246 g/mol. The predicted molar refractivity (Wildman–Crippen MR) is 75.2 cm³/mol. The number of hydrogen-bond acceptors (Lipinski definition) is 2. The van der Waals surface area contributed by atoms with E-state index in [9.17, 15) is 0 Å². The van der Waals surface area contributed by atoms with Crippen LogP contribution in [0.1, 0.15) is 25.3 Å². The van der Waals surface area contributed by atoms with Crippen molar-refractivity contribution in [3.63, 3.8) is 0 Å². The SMILES string of the molecule is CC1(CN=C(N)N)CCCN1Cc1ccccc1. The summed E-state index contributed by atoms with van der Waals surface area (Å²) in [6.07, 6.45) is 2.36. The highest BCUT2D eigenvalue weighted by Gasteiger charge is 2.36. The summed E-state index contributed by atoms with van der Waals surface area (Å²) in [5.41, 5.74) is 12.3. The second-order valence-corrected chi connectivity index (χ2v) is 5.25. The molecule has 1 heterocycles. The molecule has 1 aromatic rings. The fraction of sp³-hybridized carbons (Fsp3) is 0.500. The molecule has 1 aliphatic rings. The maximum Gasteiger partial charge on any atom is 0.185 e. The Hall–Kier alpha value is -1.55. The van der Waals surface area contributed by atoms with E-state index in [4.69, 9.17) is 11.5 Å². The maximum atomic E-state index is 5.44. The smallest absolute Gasteiger partial charge is 0.185 e. The Morgan fingerprint density at radius 2 is 2.06 bits per heavy atom. The molecule has 98 valence electrons. The van der Waals surface area contributed by atoms with Crippen LogP contribution in [0, 0.1) is 0 Å². The summed E-state index contributed by atoms with van der Waals surface area (Å²) >= 11 is 0. The van der Waals surface area contributed by atoms with Crippen LogP contribution < -0.4 is 11.5 Å². The van der Waals surface area contributed by atoms with Gasteiger partial charge in [0.25, 0.3) is 0 Å². The van der Waals surface area contributed by atoms with Crippen LogP contribution in [0.3, 0.4) is 0 Å². The van der Waals surface area contributed by atoms with Crippen molar-refractivity contribution in [1.82, 2.24) is 4.90 Å². The molecule has 0 radical (unpaired) electrons. The van der Waals surface area contributed by atoms with E-state index in [1.165, 1.54) is 12.0 Å². The van der Waals surface area contributed by atoms with Crippen LogP contribution in [-0.4, -0.2) is 29.5 Å². The van der Waals surface area contributed by atoms with Gasteiger partial charge >= 0.3 is 0 Å². The molecule has 1 unspecified atom stereocenters. The molecule has 1 saturated heterocycles. The zero-order valence-electron chi connectivity index (χ0n) is 11.0. The summed E-state index contributed by atoms with van der Waals surface area (Å²) in [6.45, 7) is 5.01.